The third-order valence-corrected chi connectivity index (χ3v) is 3.54. The van der Waals surface area contributed by atoms with Gasteiger partial charge in [0.05, 0.1) is 5.60 Å². The van der Waals surface area contributed by atoms with Crippen LogP contribution >= 0.6 is 0 Å². The van der Waals surface area contributed by atoms with E-state index >= 15 is 0 Å². The largest absolute Gasteiger partial charge is 0.388 e. The van der Waals surface area contributed by atoms with Crippen LogP contribution in [0.1, 0.15) is 46.0 Å². The Morgan fingerprint density at radius 1 is 1.43 bits per heavy atom. The van der Waals surface area contributed by atoms with Crippen LogP contribution in [0.3, 0.4) is 0 Å². The van der Waals surface area contributed by atoms with Crippen LogP contribution in [-0.4, -0.2) is 29.3 Å². The topological polar surface area (TPSA) is 58.3 Å². The summed E-state index contributed by atoms with van der Waals surface area (Å²) < 4.78 is 0. The highest BCUT2D eigenvalue weighted by atomic mass is 16.3. The zero-order valence-corrected chi connectivity index (χ0v) is 9.47. The SMILES string of the molecule is CCCCC(C)(N)C1(O)CCNCC1. The van der Waals surface area contributed by atoms with Crippen LogP contribution in [0.15, 0.2) is 0 Å². The van der Waals surface area contributed by atoms with Crippen molar-refractivity contribution in [3.05, 3.63) is 0 Å². The van der Waals surface area contributed by atoms with Crippen LogP contribution in [0.4, 0.5) is 0 Å². The second-order valence-corrected chi connectivity index (χ2v) is 4.80. The van der Waals surface area contributed by atoms with E-state index in [1.165, 1.54) is 0 Å². The fourth-order valence-electron chi connectivity index (χ4n) is 2.19. The van der Waals surface area contributed by atoms with E-state index in [-0.39, 0.29) is 0 Å². The van der Waals surface area contributed by atoms with Crippen molar-refractivity contribution in [2.45, 2.75) is 57.1 Å². The quantitative estimate of drug-likeness (QED) is 0.635. The molecule has 1 fully saturated rings. The van der Waals surface area contributed by atoms with Crippen molar-refractivity contribution >= 4 is 0 Å². The lowest BCUT2D eigenvalue weighted by Gasteiger charge is -2.45. The summed E-state index contributed by atoms with van der Waals surface area (Å²) in [4.78, 5) is 0. The molecule has 14 heavy (non-hydrogen) atoms. The maximum atomic E-state index is 10.5. The normalized spacial score (nSPS) is 25.7. The highest BCUT2D eigenvalue weighted by molar-refractivity contribution is 5.02. The Hall–Kier alpha value is -0.120. The number of rotatable bonds is 4. The fourth-order valence-corrected chi connectivity index (χ4v) is 2.19. The predicted molar refractivity (Wildman–Crippen MR) is 59.2 cm³/mol. The minimum Gasteiger partial charge on any atom is -0.388 e. The summed E-state index contributed by atoms with van der Waals surface area (Å²) in [6, 6.07) is 0. The summed E-state index contributed by atoms with van der Waals surface area (Å²) in [7, 11) is 0. The van der Waals surface area contributed by atoms with Crippen LogP contribution in [-0.2, 0) is 0 Å². The number of hydrogen-bond acceptors (Lipinski definition) is 3. The third kappa shape index (κ3) is 2.47. The minimum atomic E-state index is -0.659. The average Bonchev–Trinajstić information content (AvgIpc) is 2.16. The molecule has 0 radical (unpaired) electrons. The van der Waals surface area contributed by atoms with E-state index in [2.05, 4.69) is 12.2 Å². The van der Waals surface area contributed by atoms with E-state index in [9.17, 15) is 5.11 Å². The van der Waals surface area contributed by atoms with Gasteiger partial charge in [0.25, 0.3) is 0 Å². The number of hydrogen-bond donors (Lipinski definition) is 3. The molecule has 1 heterocycles. The Labute approximate surface area is 87.1 Å². The lowest BCUT2D eigenvalue weighted by molar-refractivity contribution is -0.0563. The van der Waals surface area contributed by atoms with Crippen LogP contribution < -0.4 is 11.1 Å². The van der Waals surface area contributed by atoms with Crippen LogP contribution in [0.25, 0.3) is 0 Å². The molecule has 1 atom stereocenters. The van der Waals surface area contributed by atoms with Gasteiger partial charge in [0.2, 0.25) is 0 Å². The molecule has 1 unspecified atom stereocenters. The van der Waals surface area contributed by atoms with E-state index in [1.54, 1.807) is 0 Å². The molecule has 0 aromatic carbocycles. The highest BCUT2D eigenvalue weighted by Gasteiger charge is 2.43. The van der Waals surface area contributed by atoms with Crippen molar-refractivity contribution in [3.8, 4) is 0 Å². The second-order valence-electron chi connectivity index (χ2n) is 4.80. The second kappa shape index (κ2) is 4.60. The monoisotopic (exact) mass is 200 g/mol. The smallest absolute Gasteiger partial charge is 0.0847 e. The molecule has 0 spiro atoms. The van der Waals surface area contributed by atoms with Gasteiger partial charge in [-0.25, -0.2) is 0 Å². The van der Waals surface area contributed by atoms with E-state index in [0.29, 0.717) is 0 Å². The number of aliphatic hydroxyl groups is 1. The van der Waals surface area contributed by atoms with Gasteiger partial charge in [0.15, 0.2) is 0 Å². The van der Waals surface area contributed by atoms with Gasteiger partial charge >= 0.3 is 0 Å². The first-order valence-electron chi connectivity index (χ1n) is 5.74. The molecule has 0 aromatic rings. The molecule has 3 nitrogen and oxygen atoms in total. The molecule has 84 valence electrons. The fraction of sp³-hybridized carbons (Fsp3) is 1.00. The van der Waals surface area contributed by atoms with E-state index in [0.717, 1.165) is 45.2 Å². The summed E-state index contributed by atoms with van der Waals surface area (Å²) in [5.74, 6) is 0. The van der Waals surface area contributed by atoms with Crippen LogP contribution in [0, 0.1) is 0 Å². The minimum absolute atomic E-state index is 0.425. The van der Waals surface area contributed by atoms with Crippen LogP contribution in [0.2, 0.25) is 0 Å². The summed E-state index contributed by atoms with van der Waals surface area (Å²) in [6.45, 7) is 5.92. The maximum absolute atomic E-state index is 10.5. The Kier molecular flexibility index (Phi) is 3.93. The Bertz CT molecular complexity index is 174. The van der Waals surface area contributed by atoms with Crippen molar-refractivity contribution in [2.75, 3.05) is 13.1 Å². The molecule has 4 N–H and O–H groups in total. The van der Waals surface area contributed by atoms with Gasteiger partial charge in [0.1, 0.15) is 0 Å². The van der Waals surface area contributed by atoms with Gasteiger partial charge in [0, 0.05) is 5.54 Å². The summed E-state index contributed by atoms with van der Waals surface area (Å²) in [5, 5.41) is 13.7. The van der Waals surface area contributed by atoms with Gasteiger partial charge in [-0.15, -0.1) is 0 Å². The van der Waals surface area contributed by atoms with Crippen molar-refractivity contribution in [1.82, 2.24) is 5.32 Å². The van der Waals surface area contributed by atoms with Gasteiger partial charge in [-0.2, -0.15) is 0 Å². The van der Waals surface area contributed by atoms with Crippen molar-refractivity contribution < 1.29 is 5.11 Å². The standard InChI is InChI=1S/C11H24N2O/c1-3-4-5-10(2,12)11(14)6-8-13-9-7-11/h13-14H,3-9,12H2,1-2H3. The Morgan fingerprint density at radius 3 is 2.50 bits per heavy atom. The summed E-state index contributed by atoms with van der Waals surface area (Å²) >= 11 is 0. The molecule has 0 aliphatic carbocycles. The summed E-state index contributed by atoms with van der Waals surface area (Å²) in [5.41, 5.74) is 5.15. The zero-order valence-electron chi connectivity index (χ0n) is 9.47. The van der Waals surface area contributed by atoms with Crippen molar-refractivity contribution in [2.24, 2.45) is 5.73 Å². The maximum Gasteiger partial charge on any atom is 0.0847 e. The average molecular weight is 200 g/mol. The first kappa shape index (κ1) is 12.0. The highest BCUT2D eigenvalue weighted by Crippen LogP contribution is 2.32. The molecule has 0 bridgehead atoms. The van der Waals surface area contributed by atoms with Gasteiger partial charge in [-0.05, 0) is 39.3 Å². The molecular weight excluding hydrogens is 176 g/mol. The van der Waals surface area contributed by atoms with Gasteiger partial charge in [-0.1, -0.05) is 19.8 Å². The molecule has 1 rings (SSSR count). The predicted octanol–water partition coefficient (Wildman–Crippen LogP) is 1.01. The molecular formula is C11H24N2O. The lowest BCUT2D eigenvalue weighted by atomic mass is 9.73. The molecule has 0 aromatic heterocycles. The number of nitrogens with two attached hydrogens (primary N) is 1. The first-order chi connectivity index (χ1) is 6.52. The zero-order chi connectivity index (χ0) is 10.7. The van der Waals surface area contributed by atoms with E-state index in [4.69, 9.17) is 5.73 Å². The number of piperidine rings is 1. The van der Waals surface area contributed by atoms with E-state index in [1.807, 2.05) is 6.92 Å². The number of nitrogens with one attached hydrogen (secondary N) is 1. The molecule has 3 heteroatoms. The third-order valence-electron chi connectivity index (χ3n) is 3.54. The lowest BCUT2D eigenvalue weighted by Crippen LogP contribution is -2.62. The Balaban J connectivity index is 2.57. The molecule has 0 amide bonds. The van der Waals surface area contributed by atoms with Crippen molar-refractivity contribution in [1.29, 1.82) is 0 Å². The molecule has 1 saturated heterocycles. The van der Waals surface area contributed by atoms with Gasteiger partial charge < -0.3 is 16.2 Å². The first-order valence-corrected chi connectivity index (χ1v) is 5.74. The Morgan fingerprint density at radius 2 is 2.00 bits per heavy atom. The molecule has 0 saturated carbocycles. The molecule has 1 aliphatic heterocycles. The van der Waals surface area contributed by atoms with E-state index < -0.39 is 11.1 Å². The van der Waals surface area contributed by atoms with Crippen molar-refractivity contribution in [3.63, 3.8) is 0 Å². The van der Waals surface area contributed by atoms with Crippen LogP contribution in [0.5, 0.6) is 0 Å². The number of unbranched alkanes of at least 4 members (excludes halogenated alkanes) is 1. The summed E-state index contributed by atoms with van der Waals surface area (Å²) in [6.07, 6.45) is 4.72. The van der Waals surface area contributed by atoms with Gasteiger partial charge in [-0.3, -0.25) is 0 Å². The molecule has 1 aliphatic rings.